The van der Waals surface area contributed by atoms with Crippen LogP contribution in [0.4, 0.5) is 10.3 Å². The highest BCUT2D eigenvalue weighted by atomic mass is 35.5. The van der Waals surface area contributed by atoms with Crippen molar-refractivity contribution in [2.75, 3.05) is 57.4 Å². The molecular weight excluding hydrogens is 613 g/mol. The van der Waals surface area contributed by atoms with Crippen LogP contribution in [0, 0.1) is 17.7 Å². The van der Waals surface area contributed by atoms with Crippen LogP contribution in [0.3, 0.4) is 0 Å². The minimum atomic E-state index is -1.69. The van der Waals surface area contributed by atoms with Crippen molar-refractivity contribution >= 4 is 29.4 Å². The molecule has 15 heteroatoms. The lowest BCUT2D eigenvalue weighted by atomic mass is 9.94. The number of nitrogens with zero attached hydrogens (tertiary/aromatic N) is 4. The van der Waals surface area contributed by atoms with E-state index >= 15 is 0 Å². The van der Waals surface area contributed by atoms with Gasteiger partial charge in [0.05, 0.1) is 48.7 Å². The van der Waals surface area contributed by atoms with Crippen LogP contribution < -0.4 is 10.2 Å². The molecule has 0 saturated carbocycles. The van der Waals surface area contributed by atoms with E-state index in [1.54, 1.807) is 17.3 Å². The van der Waals surface area contributed by atoms with E-state index < -0.39 is 42.8 Å². The van der Waals surface area contributed by atoms with Crippen molar-refractivity contribution in [3.8, 4) is 0 Å². The number of piperidine rings is 1. The zero-order chi connectivity index (χ0) is 32.5. The third kappa shape index (κ3) is 9.75. The van der Waals surface area contributed by atoms with Crippen molar-refractivity contribution in [3.63, 3.8) is 0 Å². The van der Waals surface area contributed by atoms with Crippen molar-refractivity contribution in [1.82, 2.24) is 20.2 Å². The number of aromatic nitrogens is 2. The maximum Gasteiger partial charge on any atom is 0.338 e. The van der Waals surface area contributed by atoms with Gasteiger partial charge in [-0.15, -0.1) is 0 Å². The number of hydrogen-bond acceptors (Lipinski definition) is 12. The quantitative estimate of drug-likeness (QED) is 0.139. The normalized spacial score (nSPS) is 18.6. The second kappa shape index (κ2) is 16.5. The Bertz CT molecular complexity index is 1260. The lowest BCUT2D eigenvalue weighted by Gasteiger charge is -2.39. The van der Waals surface area contributed by atoms with Crippen LogP contribution in [0.15, 0.2) is 30.6 Å². The Hall–Kier alpha value is -2.98. The number of amides is 1. The van der Waals surface area contributed by atoms with E-state index in [4.69, 9.17) is 21.4 Å². The number of benzene rings is 1. The number of aliphatic hydroxyl groups excluding tert-OH is 5. The van der Waals surface area contributed by atoms with Gasteiger partial charge in [0.2, 0.25) is 11.9 Å². The number of carbonyl (C=O) groups excluding carboxylic acids is 2. The standard InChI is InChI=1S/C30H41ClFN5O8/c31-22-12-34-30(35-13-22)36-6-3-18(4-7-36)5-8-45-29(44)21-2-1-20(23(32)9-21)10-26(41)37-15-19(16-37)11-33-14-24(39)27(42)28(43)25(40)17-38/h1-2,9,12-13,18-19,24-25,27-28,33,38-40,42-43H,3-8,10-11,14-17H2. The fraction of sp³-hybridized carbons (Fsp3) is 0.600. The molecule has 248 valence electrons. The monoisotopic (exact) mass is 653 g/mol. The molecule has 2 fully saturated rings. The number of hydrogen-bond donors (Lipinski definition) is 6. The predicted octanol–water partition coefficient (Wildman–Crippen LogP) is -0.241. The molecule has 45 heavy (non-hydrogen) atoms. The maximum atomic E-state index is 14.8. The van der Waals surface area contributed by atoms with Gasteiger partial charge in [0.25, 0.3) is 0 Å². The van der Waals surface area contributed by atoms with E-state index in [1.165, 1.54) is 12.1 Å². The lowest BCUT2D eigenvalue weighted by molar-refractivity contribution is -0.136. The van der Waals surface area contributed by atoms with Gasteiger partial charge in [-0.3, -0.25) is 4.79 Å². The summed E-state index contributed by atoms with van der Waals surface area (Å²) in [5.41, 5.74) is 0.259. The number of rotatable bonds is 15. The van der Waals surface area contributed by atoms with Crippen LogP contribution in [0.1, 0.15) is 35.2 Å². The molecule has 13 nitrogen and oxygen atoms in total. The van der Waals surface area contributed by atoms with Gasteiger partial charge in [-0.1, -0.05) is 17.7 Å². The number of likely N-dealkylation sites (tertiary alicyclic amines) is 1. The zero-order valence-corrected chi connectivity index (χ0v) is 25.6. The highest BCUT2D eigenvalue weighted by Gasteiger charge is 2.32. The van der Waals surface area contributed by atoms with E-state index in [9.17, 15) is 34.4 Å². The SMILES string of the molecule is O=C(OCCC1CCN(c2ncc(Cl)cn2)CC1)c1ccc(CC(=O)N2CC(CNCC(O)C(O)C(O)C(O)CO)C2)c(F)c1. The van der Waals surface area contributed by atoms with Crippen molar-refractivity contribution in [2.24, 2.45) is 11.8 Å². The third-order valence-electron chi connectivity index (χ3n) is 8.32. The van der Waals surface area contributed by atoms with Gasteiger partial charge >= 0.3 is 5.97 Å². The number of nitrogens with one attached hydrogen (secondary N) is 1. The van der Waals surface area contributed by atoms with Crippen LogP contribution in [-0.4, -0.2) is 129 Å². The summed E-state index contributed by atoms with van der Waals surface area (Å²) < 4.78 is 20.2. The van der Waals surface area contributed by atoms with Crippen LogP contribution >= 0.6 is 11.6 Å². The molecule has 0 aliphatic carbocycles. The molecule has 4 rings (SSSR count). The molecule has 0 bridgehead atoms. The van der Waals surface area contributed by atoms with E-state index in [1.807, 2.05) is 0 Å². The molecule has 1 aromatic carbocycles. The summed E-state index contributed by atoms with van der Waals surface area (Å²) in [5.74, 6) is -0.424. The topological polar surface area (TPSA) is 189 Å². The minimum absolute atomic E-state index is 0.0684. The highest BCUT2D eigenvalue weighted by Crippen LogP contribution is 2.24. The fourth-order valence-corrected chi connectivity index (χ4v) is 5.50. The number of esters is 1. The summed E-state index contributed by atoms with van der Waals surface area (Å²) in [5, 5.41) is 51.1. The Kier molecular flexibility index (Phi) is 12.8. The first-order chi connectivity index (χ1) is 21.5. The number of halogens is 2. The summed E-state index contributed by atoms with van der Waals surface area (Å²) in [6.07, 6.45) is -0.782. The first kappa shape index (κ1) is 34.9. The Morgan fingerprint density at radius 1 is 1.04 bits per heavy atom. The molecule has 1 aromatic heterocycles. The van der Waals surface area contributed by atoms with Gasteiger partial charge in [0.15, 0.2) is 0 Å². The van der Waals surface area contributed by atoms with Gasteiger partial charge in [-0.05, 0) is 42.9 Å². The average molecular weight is 654 g/mol. The van der Waals surface area contributed by atoms with E-state index in [2.05, 4.69) is 20.2 Å². The minimum Gasteiger partial charge on any atom is -0.462 e. The van der Waals surface area contributed by atoms with Gasteiger partial charge in [-0.2, -0.15) is 0 Å². The Morgan fingerprint density at radius 3 is 2.36 bits per heavy atom. The molecular formula is C30H41ClFN5O8. The third-order valence-corrected chi connectivity index (χ3v) is 8.51. The smallest absolute Gasteiger partial charge is 0.338 e. The molecule has 1 amide bonds. The molecule has 6 N–H and O–H groups in total. The first-order valence-corrected chi connectivity index (χ1v) is 15.4. The fourth-order valence-electron chi connectivity index (χ4n) is 5.41. The zero-order valence-electron chi connectivity index (χ0n) is 24.8. The van der Waals surface area contributed by atoms with Gasteiger partial charge < -0.3 is 45.4 Å². The summed E-state index contributed by atoms with van der Waals surface area (Å²) in [6.45, 7) is 2.27. The van der Waals surface area contributed by atoms with Gasteiger partial charge in [0.1, 0.15) is 24.1 Å². The average Bonchev–Trinajstić information content (AvgIpc) is 3.02. The van der Waals surface area contributed by atoms with Crippen molar-refractivity contribution < 1.29 is 44.2 Å². The highest BCUT2D eigenvalue weighted by molar-refractivity contribution is 6.30. The molecule has 0 radical (unpaired) electrons. The number of ether oxygens (including phenoxy) is 1. The molecule has 4 unspecified atom stereocenters. The van der Waals surface area contributed by atoms with Crippen LogP contribution in [0.25, 0.3) is 0 Å². The van der Waals surface area contributed by atoms with E-state index in [0.717, 1.165) is 32.0 Å². The van der Waals surface area contributed by atoms with Gasteiger partial charge in [0, 0.05) is 45.2 Å². The number of carbonyl (C=O) groups is 2. The predicted molar refractivity (Wildman–Crippen MR) is 161 cm³/mol. The summed E-state index contributed by atoms with van der Waals surface area (Å²) >= 11 is 5.85. The van der Waals surface area contributed by atoms with Crippen molar-refractivity contribution in [3.05, 3.63) is 52.6 Å². The van der Waals surface area contributed by atoms with Crippen molar-refractivity contribution in [2.45, 2.75) is 50.1 Å². The molecule has 2 aromatic rings. The van der Waals surface area contributed by atoms with Gasteiger partial charge in [-0.25, -0.2) is 19.2 Å². The largest absolute Gasteiger partial charge is 0.462 e. The molecule has 4 atom stereocenters. The Balaban J connectivity index is 1.11. The summed E-state index contributed by atoms with van der Waals surface area (Å²) in [4.78, 5) is 37.3. The molecule has 0 spiro atoms. The maximum absolute atomic E-state index is 14.8. The molecule has 2 aliphatic rings. The Morgan fingerprint density at radius 2 is 1.71 bits per heavy atom. The first-order valence-electron chi connectivity index (χ1n) is 15.0. The molecule has 3 heterocycles. The second-order valence-corrected chi connectivity index (χ2v) is 12.1. The van der Waals surface area contributed by atoms with E-state index in [0.29, 0.717) is 42.9 Å². The van der Waals surface area contributed by atoms with Crippen LogP contribution in [0.5, 0.6) is 0 Å². The molecule has 2 aliphatic heterocycles. The van der Waals surface area contributed by atoms with Crippen LogP contribution in [-0.2, 0) is 16.0 Å². The summed E-state index contributed by atoms with van der Waals surface area (Å²) in [6, 6.07) is 3.97. The second-order valence-electron chi connectivity index (χ2n) is 11.7. The Labute approximate surface area is 265 Å². The van der Waals surface area contributed by atoms with E-state index in [-0.39, 0.29) is 42.5 Å². The summed E-state index contributed by atoms with van der Waals surface area (Å²) in [7, 11) is 0. The molecule has 2 saturated heterocycles. The number of anilines is 1. The van der Waals surface area contributed by atoms with Crippen molar-refractivity contribution in [1.29, 1.82) is 0 Å². The number of aliphatic hydroxyl groups is 5. The van der Waals surface area contributed by atoms with Crippen LogP contribution in [0.2, 0.25) is 5.02 Å². The lowest BCUT2D eigenvalue weighted by Crippen LogP contribution is -2.55.